The fraction of sp³-hybridized carbons (Fsp3) is 0.400. The molecule has 2 rings (SSSR count). The van der Waals surface area contributed by atoms with Crippen LogP contribution in [0.5, 0.6) is 0 Å². The second kappa shape index (κ2) is 5.81. The van der Waals surface area contributed by atoms with Gasteiger partial charge in [-0.3, -0.25) is 0 Å². The normalized spacial score (nSPS) is 12.6. The van der Waals surface area contributed by atoms with Crippen LogP contribution in [0, 0.1) is 0 Å². The molecule has 0 aliphatic carbocycles. The van der Waals surface area contributed by atoms with Gasteiger partial charge in [0.05, 0.1) is 0 Å². The number of hydrogen-bond acceptors (Lipinski definition) is 7. The van der Waals surface area contributed by atoms with Gasteiger partial charge in [0, 0.05) is 25.9 Å². The number of thiophene rings is 1. The van der Waals surface area contributed by atoms with Gasteiger partial charge in [-0.15, -0.1) is 10.2 Å². The molecule has 7 heteroatoms. The van der Waals surface area contributed by atoms with Crippen molar-refractivity contribution in [1.29, 1.82) is 0 Å². The molecule has 0 spiro atoms. The van der Waals surface area contributed by atoms with Crippen molar-refractivity contribution in [3.05, 3.63) is 22.4 Å². The molecule has 0 saturated carbocycles. The summed E-state index contributed by atoms with van der Waals surface area (Å²) >= 11 is 4.98. The minimum atomic E-state index is 0.268. The summed E-state index contributed by atoms with van der Waals surface area (Å²) in [5.41, 5.74) is 7.08. The van der Waals surface area contributed by atoms with Crippen molar-refractivity contribution in [3.63, 3.8) is 0 Å². The first-order chi connectivity index (χ1) is 8.20. The van der Waals surface area contributed by atoms with Crippen molar-refractivity contribution in [1.82, 2.24) is 10.2 Å². The van der Waals surface area contributed by atoms with Crippen LogP contribution in [0.2, 0.25) is 0 Å². The number of thioether (sulfide) groups is 1. The quantitative estimate of drug-likeness (QED) is 0.856. The van der Waals surface area contributed by atoms with Crippen LogP contribution in [0.1, 0.15) is 10.8 Å². The summed E-state index contributed by atoms with van der Waals surface area (Å²) < 4.78 is 0.968. The van der Waals surface area contributed by atoms with Gasteiger partial charge in [-0.25, -0.2) is 0 Å². The van der Waals surface area contributed by atoms with Gasteiger partial charge in [-0.2, -0.15) is 11.3 Å². The second-order valence-corrected chi connectivity index (χ2v) is 6.83. The van der Waals surface area contributed by atoms with Gasteiger partial charge in [0.1, 0.15) is 0 Å². The number of rotatable bonds is 5. The average Bonchev–Trinajstić information content (AvgIpc) is 2.96. The molecular formula is C10H14N4S3. The first-order valence-corrected chi connectivity index (χ1v) is 7.74. The number of anilines is 1. The van der Waals surface area contributed by atoms with Crippen LogP contribution in [-0.2, 0) is 0 Å². The molecule has 0 aliphatic heterocycles. The van der Waals surface area contributed by atoms with E-state index in [2.05, 4.69) is 27.0 Å². The maximum absolute atomic E-state index is 5.81. The molecule has 4 nitrogen and oxygen atoms in total. The second-order valence-electron chi connectivity index (χ2n) is 3.64. The molecule has 0 radical (unpaired) electrons. The van der Waals surface area contributed by atoms with Crippen LogP contribution < -0.4 is 10.6 Å². The third-order valence-electron chi connectivity index (χ3n) is 2.15. The molecule has 0 aliphatic rings. The van der Waals surface area contributed by atoms with E-state index in [9.17, 15) is 0 Å². The van der Waals surface area contributed by atoms with Crippen LogP contribution in [0.15, 0.2) is 21.2 Å². The lowest BCUT2D eigenvalue weighted by atomic mass is 10.2. The average molecular weight is 286 g/mol. The first kappa shape index (κ1) is 12.8. The van der Waals surface area contributed by atoms with E-state index >= 15 is 0 Å². The van der Waals surface area contributed by atoms with E-state index in [1.165, 1.54) is 5.56 Å². The van der Waals surface area contributed by atoms with Crippen molar-refractivity contribution < 1.29 is 0 Å². The molecule has 17 heavy (non-hydrogen) atoms. The van der Waals surface area contributed by atoms with Crippen LogP contribution in [-0.4, -0.2) is 30.8 Å². The van der Waals surface area contributed by atoms with Crippen molar-refractivity contribution >= 4 is 39.6 Å². The Bertz CT molecular complexity index is 452. The smallest absolute Gasteiger partial charge is 0.208 e. The molecule has 2 aromatic rings. The van der Waals surface area contributed by atoms with E-state index in [0.717, 1.165) is 9.47 Å². The molecule has 2 N–H and O–H groups in total. The van der Waals surface area contributed by atoms with Gasteiger partial charge in [-0.1, -0.05) is 23.1 Å². The van der Waals surface area contributed by atoms with Crippen LogP contribution >= 0.6 is 34.4 Å². The van der Waals surface area contributed by atoms with Crippen molar-refractivity contribution in [2.45, 2.75) is 9.59 Å². The number of nitrogens with two attached hydrogens (primary N) is 1. The summed E-state index contributed by atoms with van der Waals surface area (Å²) in [5, 5.41) is 13.7. The van der Waals surface area contributed by atoms with Crippen LogP contribution in [0.4, 0.5) is 5.13 Å². The number of hydrogen-bond donors (Lipinski definition) is 1. The van der Waals surface area contributed by atoms with Gasteiger partial charge in [0.2, 0.25) is 5.13 Å². The molecule has 0 amide bonds. The predicted octanol–water partition coefficient (Wildman–Crippen LogP) is 2.46. The van der Waals surface area contributed by atoms with E-state index in [-0.39, 0.29) is 5.25 Å². The Morgan fingerprint density at radius 3 is 2.82 bits per heavy atom. The highest BCUT2D eigenvalue weighted by atomic mass is 32.2. The van der Waals surface area contributed by atoms with E-state index in [4.69, 9.17) is 5.73 Å². The molecule has 2 heterocycles. The number of nitrogens with zero attached hydrogens (tertiary/aromatic N) is 3. The minimum Gasteiger partial charge on any atom is -0.353 e. The van der Waals surface area contributed by atoms with E-state index < -0.39 is 0 Å². The van der Waals surface area contributed by atoms with Gasteiger partial charge in [0.15, 0.2) is 4.34 Å². The monoisotopic (exact) mass is 286 g/mol. The third-order valence-corrected chi connectivity index (χ3v) is 5.31. The minimum absolute atomic E-state index is 0.268. The predicted molar refractivity (Wildman–Crippen MR) is 76.2 cm³/mol. The lowest BCUT2D eigenvalue weighted by Crippen LogP contribution is -2.08. The van der Waals surface area contributed by atoms with Crippen LogP contribution in [0.25, 0.3) is 0 Å². The summed E-state index contributed by atoms with van der Waals surface area (Å²) in [6.07, 6.45) is 0. The lowest BCUT2D eigenvalue weighted by molar-refractivity contribution is 0.931. The lowest BCUT2D eigenvalue weighted by Gasteiger charge is -2.10. The fourth-order valence-electron chi connectivity index (χ4n) is 1.26. The molecule has 92 valence electrons. The molecule has 1 unspecified atom stereocenters. The molecule has 0 bridgehead atoms. The first-order valence-electron chi connectivity index (χ1n) is 5.10. The Labute approximate surface area is 113 Å². The summed E-state index contributed by atoms with van der Waals surface area (Å²) in [6.45, 7) is 0.609. The maximum atomic E-state index is 5.81. The third kappa shape index (κ3) is 3.19. The Balaban J connectivity index is 2.08. The highest BCUT2D eigenvalue weighted by Gasteiger charge is 2.15. The zero-order chi connectivity index (χ0) is 12.3. The molecular weight excluding hydrogens is 272 g/mol. The van der Waals surface area contributed by atoms with Gasteiger partial charge < -0.3 is 10.6 Å². The Morgan fingerprint density at radius 2 is 2.29 bits per heavy atom. The molecule has 0 fully saturated rings. The summed E-state index contributed by atoms with van der Waals surface area (Å²) in [7, 11) is 3.93. The van der Waals surface area contributed by atoms with Crippen molar-refractivity contribution in [3.8, 4) is 0 Å². The van der Waals surface area contributed by atoms with Gasteiger partial charge in [0.25, 0.3) is 0 Å². The molecule has 0 aromatic carbocycles. The largest absolute Gasteiger partial charge is 0.353 e. The highest BCUT2D eigenvalue weighted by molar-refractivity contribution is 8.01. The van der Waals surface area contributed by atoms with E-state index in [1.807, 2.05) is 19.0 Å². The van der Waals surface area contributed by atoms with Gasteiger partial charge in [-0.05, 0) is 22.4 Å². The van der Waals surface area contributed by atoms with E-state index in [1.54, 1.807) is 34.4 Å². The topological polar surface area (TPSA) is 55.0 Å². The highest BCUT2D eigenvalue weighted by Crippen LogP contribution is 2.38. The summed E-state index contributed by atoms with van der Waals surface area (Å²) in [4.78, 5) is 1.96. The summed E-state index contributed by atoms with van der Waals surface area (Å²) in [6, 6.07) is 2.11. The van der Waals surface area contributed by atoms with E-state index in [0.29, 0.717) is 6.54 Å². The Hall–Kier alpha value is -0.630. The molecule has 2 aromatic heterocycles. The standard InChI is InChI=1S/C10H14N4S3/c1-14(2)9-12-13-10(17-9)16-8(5-11)7-3-4-15-6-7/h3-4,6,8H,5,11H2,1-2H3. The van der Waals surface area contributed by atoms with Gasteiger partial charge >= 0.3 is 0 Å². The molecule has 0 saturated heterocycles. The Kier molecular flexibility index (Phi) is 4.38. The van der Waals surface area contributed by atoms with Crippen molar-refractivity contribution in [2.75, 3.05) is 25.5 Å². The SMILES string of the molecule is CN(C)c1nnc(SC(CN)c2ccsc2)s1. The van der Waals surface area contributed by atoms with Crippen LogP contribution in [0.3, 0.4) is 0 Å². The Morgan fingerprint density at radius 1 is 1.47 bits per heavy atom. The molecule has 1 atom stereocenters. The fourth-order valence-corrected chi connectivity index (χ4v) is 4.04. The zero-order valence-electron chi connectivity index (χ0n) is 9.66. The summed E-state index contributed by atoms with van der Waals surface area (Å²) in [5.74, 6) is 0. The van der Waals surface area contributed by atoms with Crippen molar-refractivity contribution in [2.24, 2.45) is 5.73 Å². The maximum Gasteiger partial charge on any atom is 0.208 e. The number of aromatic nitrogens is 2. The zero-order valence-corrected chi connectivity index (χ0v) is 12.1.